The first-order chi connectivity index (χ1) is 11.9. The highest BCUT2D eigenvalue weighted by Gasteiger charge is 2.24. The first-order valence-corrected chi connectivity index (χ1v) is 9.77. The summed E-state index contributed by atoms with van der Waals surface area (Å²) in [5.41, 5.74) is 1.04. The fourth-order valence-corrected chi connectivity index (χ4v) is 3.60. The lowest BCUT2D eigenvalue weighted by molar-refractivity contribution is 0.214. The third-order valence-corrected chi connectivity index (χ3v) is 5.98. The average Bonchev–Trinajstić information content (AvgIpc) is 2.63. The zero-order chi connectivity index (χ0) is 18.6. The monoisotopic (exact) mass is 439 g/mol. The van der Waals surface area contributed by atoms with Gasteiger partial charge in [0.25, 0.3) is 0 Å². The van der Waals surface area contributed by atoms with Crippen molar-refractivity contribution in [3.05, 3.63) is 55.4 Å². The predicted octanol–water partition coefficient (Wildman–Crippen LogP) is 7.99. The van der Waals surface area contributed by atoms with Crippen LogP contribution in [0.15, 0.2) is 30.3 Å². The number of benzene rings is 2. The molecule has 0 heterocycles. The molecule has 1 unspecified atom stereocenters. The van der Waals surface area contributed by atoms with E-state index in [1.807, 2.05) is 37.3 Å². The van der Waals surface area contributed by atoms with Crippen molar-refractivity contribution in [3.8, 4) is 5.75 Å². The molecule has 2 aromatic rings. The lowest BCUT2D eigenvalue weighted by atomic mass is 10.2. The van der Waals surface area contributed by atoms with E-state index in [1.54, 1.807) is 0 Å². The second-order valence-corrected chi connectivity index (χ2v) is 7.39. The summed E-state index contributed by atoms with van der Waals surface area (Å²) in [6.07, 6.45) is 1.75. The molecule has 2 aromatic carbocycles. The number of unbranched alkanes of at least 4 members (excludes halogenated alkanes) is 1. The molecule has 0 spiro atoms. The number of rotatable bonds is 7. The molecular formula is C18H18Cl5NO. The van der Waals surface area contributed by atoms with Gasteiger partial charge in [0, 0.05) is 12.2 Å². The highest BCUT2D eigenvalue weighted by molar-refractivity contribution is 6.55. The lowest BCUT2D eigenvalue weighted by Gasteiger charge is -2.32. The highest BCUT2D eigenvalue weighted by atomic mass is 35.5. The summed E-state index contributed by atoms with van der Waals surface area (Å²) in [6.45, 7) is 4.89. The first-order valence-electron chi connectivity index (χ1n) is 7.88. The van der Waals surface area contributed by atoms with Crippen molar-refractivity contribution in [1.82, 2.24) is 0 Å². The van der Waals surface area contributed by atoms with Crippen molar-refractivity contribution < 1.29 is 4.74 Å². The highest BCUT2D eigenvalue weighted by Crippen LogP contribution is 2.48. The van der Waals surface area contributed by atoms with Crippen LogP contribution >= 0.6 is 58.0 Å². The van der Waals surface area contributed by atoms with Gasteiger partial charge in [-0.1, -0.05) is 89.5 Å². The number of ether oxygens (including phenoxy) is 1. The minimum Gasteiger partial charge on any atom is -0.468 e. The molecule has 2 rings (SSSR count). The van der Waals surface area contributed by atoms with Crippen LogP contribution in [0.25, 0.3) is 0 Å². The molecule has 136 valence electrons. The Morgan fingerprint density at radius 2 is 1.40 bits per heavy atom. The fourth-order valence-electron chi connectivity index (χ4n) is 2.39. The minimum absolute atomic E-state index is 0.115. The van der Waals surface area contributed by atoms with Crippen molar-refractivity contribution >= 4 is 63.7 Å². The maximum Gasteiger partial charge on any atom is 0.169 e. The maximum absolute atomic E-state index is 6.27. The summed E-state index contributed by atoms with van der Waals surface area (Å²) in [4.78, 5) is 2.13. The van der Waals surface area contributed by atoms with Gasteiger partial charge in [-0.05, 0) is 25.5 Å². The van der Waals surface area contributed by atoms with E-state index < -0.39 is 0 Å². The van der Waals surface area contributed by atoms with Gasteiger partial charge < -0.3 is 9.64 Å². The molecule has 25 heavy (non-hydrogen) atoms. The van der Waals surface area contributed by atoms with E-state index in [1.165, 1.54) is 0 Å². The SMILES string of the molecule is CCCCN(c1ccccc1)C(C)Oc1c(Cl)c(Cl)c(Cl)c(Cl)c1Cl. The van der Waals surface area contributed by atoms with Gasteiger partial charge in [-0.3, -0.25) is 0 Å². The van der Waals surface area contributed by atoms with Crippen molar-refractivity contribution in [1.29, 1.82) is 0 Å². The maximum atomic E-state index is 6.27. The molecule has 0 N–H and O–H groups in total. The number of anilines is 1. The standard InChI is InChI=1S/C18H18Cl5NO/c1-3-4-10-24(12-8-6-5-7-9-12)11(2)25-18-16(22)14(20)13(19)15(21)17(18)23/h5-9,11H,3-4,10H2,1-2H3. The Labute approximate surface area is 173 Å². The predicted molar refractivity (Wildman–Crippen MR) is 110 cm³/mol. The largest absolute Gasteiger partial charge is 0.468 e. The van der Waals surface area contributed by atoms with E-state index in [0.717, 1.165) is 25.1 Å². The molecular weight excluding hydrogens is 423 g/mol. The van der Waals surface area contributed by atoms with E-state index in [4.69, 9.17) is 62.7 Å². The Hall–Kier alpha value is -0.510. The summed E-state index contributed by atoms with van der Waals surface area (Å²) < 4.78 is 6.04. The minimum atomic E-state index is -0.336. The quantitative estimate of drug-likeness (QED) is 0.245. The van der Waals surface area contributed by atoms with Crippen molar-refractivity contribution in [2.24, 2.45) is 0 Å². The van der Waals surface area contributed by atoms with Crippen LogP contribution in [0, 0.1) is 0 Å². The Morgan fingerprint density at radius 1 is 0.880 bits per heavy atom. The molecule has 7 heteroatoms. The Bertz CT molecular complexity index is 694. The van der Waals surface area contributed by atoms with Gasteiger partial charge in [-0.25, -0.2) is 0 Å². The Balaban J connectivity index is 2.34. The van der Waals surface area contributed by atoms with Gasteiger partial charge in [0.15, 0.2) is 12.0 Å². The molecule has 0 radical (unpaired) electrons. The average molecular weight is 442 g/mol. The first kappa shape index (κ1) is 20.8. The molecule has 0 saturated carbocycles. The Morgan fingerprint density at radius 3 is 1.92 bits per heavy atom. The lowest BCUT2D eigenvalue weighted by Crippen LogP contribution is -2.38. The van der Waals surface area contributed by atoms with Crippen LogP contribution in [-0.2, 0) is 0 Å². The summed E-state index contributed by atoms with van der Waals surface area (Å²) in [6, 6.07) is 9.99. The summed E-state index contributed by atoms with van der Waals surface area (Å²) in [7, 11) is 0. The van der Waals surface area contributed by atoms with E-state index in [2.05, 4.69) is 11.8 Å². The number of hydrogen-bond donors (Lipinski definition) is 0. The molecule has 0 saturated heterocycles. The van der Waals surface area contributed by atoms with Crippen LogP contribution in [0.4, 0.5) is 5.69 Å². The normalized spacial score (nSPS) is 12.1. The van der Waals surface area contributed by atoms with Gasteiger partial charge in [0.1, 0.15) is 10.0 Å². The molecule has 0 aliphatic rings. The van der Waals surface area contributed by atoms with Crippen LogP contribution in [0.5, 0.6) is 5.75 Å². The summed E-state index contributed by atoms with van der Waals surface area (Å²) in [5, 5.41) is 0.663. The van der Waals surface area contributed by atoms with E-state index in [9.17, 15) is 0 Å². The van der Waals surface area contributed by atoms with Crippen molar-refractivity contribution in [2.75, 3.05) is 11.4 Å². The van der Waals surface area contributed by atoms with Crippen LogP contribution in [0.1, 0.15) is 26.7 Å². The molecule has 0 fully saturated rings. The number of nitrogens with zero attached hydrogens (tertiary/aromatic N) is 1. The van der Waals surface area contributed by atoms with E-state index >= 15 is 0 Å². The van der Waals surface area contributed by atoms with E-state index in [-0.39, 0.29) is 37.1 Å². The third kappa shape index (κ3) is 4.81. The Kier molecular flexibility index (Phi) is 7.85. The topological polar surface area (TPSA) is 12.5 Å². The van der Waals surface area contributed by atoms with Gasteiger partial charge >= 0.3 is 0 Å². The molecule has 0 bridgehead atoms. The summed E-state index contributed by atoms with van der Waals surface area (Å²) >= 11 is 30.8. The number of halogens is 5. The van der Waals surface area contributed by atoms with Crippen molar-refractivity contribution in [2.45, 2.75) is 32.9 Å². The molecule has 0 aliphatic heterocycles. The van der Waals surface area contributed by atoms with Gasteiger partial charge in [0.05, 0.1) is 15.1 Å². The zero-order valence-corrected chi connectivity index (χ0v) is 17.6. The molecule has 1 atom stereocenters. The molecule has 2 nitrogen and oxygen atoms in total. The smallest absolute Gasteiger partial charge is 0.169 e. The molecule has 0 aromatic heterocycles. The zero-order valence-electron chi connectivity index (χ0n) is 13.8. The van der Waals surface area contributed by atoms with Gasteiger partial charge in [-0.15, -0.1) is 0 Å². The van der Waals surface area contributed by atoms with Crippen LogP contribution in [0.3, 0.4) is 0 Å². The van der Waals surface area contributed by atoms with Crippen LogP contribution in [0.2, 0.25) is 25.1 Å². The van der Waals surface area contributed by atoms with Crippen LogP contribution in [-0.4, -0.2) is 12.8 Å². The van der Waals surface area contributed by atoms with Gasteiger partial charge in [-0.2, -0.15) is 0 Å². The van der Waals surface area contributed by atoms with Gasteiger partial charge in [0.2, 0.25) is 0 Å². The second-order valence-electron chi connectivity index (χ2n) is 5.50. The van der Waals surface area contributed by atoms with E-state index in [0.29, 0.717) is 0 Å². The van der Waals surface area contributed by atoms with Crippen LogP contribution < -0.4 is 9.64 Å². The molecule has 0 aliphatic carbocycles. The number of hydrogen-bond acceptors (Lipinski definition) is 2. The summed E-state index contributed by atoms with van der Waals surface area (Å²) in [5.74, 6) is 0.229. The second kappa shape index (κ2) is 9.43. The molecule has 0 amide bonds. The number of para-hydroxylation sites is 1. The van der Waals surface area contributed by atoms with Crippen molar-refractivity contribution in [3.63, 3.8) is 0 Å². The fraction of sp³-hybridized carbons (Fsp3) is 0.333. The third-order valence-electron chi connectivity index (χ3n) is 3.74.